The Kier molecular flexibility index (Phi) is 5.68. The average molecular weight is 327 g/mol. The third-order valence-electron chi connectivity index (χ3n) is 3.31. The Hall–Kier alpha value is -3.15. The molecular formula is C18H17NO5. The summed E-state index contributed by atoms with van der Waals surface area (Å²) in [5, 5.41) is 11.5. The second-order valence-corrected chi connectivity index (χ2v) is 5.08. The smallest absolute Gasteiger partial charge is 0.329 e. The topological polar surface area (TPSA) is 92.7 Å². The molecule has 1 amide bonds. The van der Waals surface area contributed by atoms with Crippen LogP contribution in [0.2, 0.25) is 0 Å². The number of carbonyl (C=O) groups excluding carboxylic acids is 2. The van der Waals surface area contributed by atoms with E-state index in [1.54, 1.807) is 24.3 Å². The van der Waals surface area contributed by atoms with Gasteiger partial charge in [0.05, 0.1) is 0 Å². The lowest BCUT2D eigenvalue weighted by Crippen LogP contribution is -2.44. The van der Waals surface area contributed by atoms with Gasteiger partial charge < -0.3 is 15.2 Å². The molecule has 0 radical (unpaired) electrons. The average Bonchev–Trinajstić information content (AvgIpc) is 2.58. The van der Waals surface area contributed by atoms with Crippen LogP contribution in [0.4, 0.5) is 0 Å². The number of aliphatic carboxylic acids is 1. The molecule has 24 heavy (non-hydrogen) atoms. The summed E-state index contributed by atoms with van der Waals surface area (Å²) in [4.78, 5) is 34.5. The summed E-state index contributed by atoms with van der Waals surface area (Å²) < 4.78 is 4.68. The molecule has 0 heterocycles. The van der Waals surface area contributed by atoms with Crippen molar-refractivity contribution >= 4 is 17.8 Å². The first-order chi connectivity index (χ1) is 11.5. The van der Waals surface area contributed by atoms with E-state index in [1.165, 1.54) is 6.92 Å². The number of hydrogen-bond donors (Lipinski definition) is 2. The maximum atomic E-state index is 12.5. The number of carboxylic acids is 1. The number of benzene rings is 2. The standard InChI is InChI=1S/C18H17NO5/c1-12(20)24-11-16(18(22)23)19-17(21)15-10-6-5-9-14(15)13-7-3-2-4-8-13/h2-10,16H,11H2,1H3,(H,19,21)(H,22,23)/t16-/m0/s1. The highest BCUT2D eigenvalue weighted by Crippen LogP contribution is 2.23. The fourth-order valence-corrected chi connectivity index (χ4v) is 2.16. The van der Waals surface area contributed by atoms with E-state index in [0.29, 0.717) is 11.1 Å². The molecule has 0 bridgehead atoms. The van der Waals surface area contributed by atoms with Crippen LogP contribution < -0.4 is 5.32 Å². The molecular weight excluding hydrogens is 310 g/mol. The molecule has 0 unspecified atom stereocenters. The summed E-state index contributed by atoms with van der Waals surface area (Å²) in [7, 11) is 0. The van der Waals surface area contributed by atoms with Crippen molar-refractivity contribution < 1.29 is 24.2 Å². The lowest BCUT2D eigenvalue weighted by atomic mass is 9.99. The van der Waals surface area contributed by atoms with Crippen LogP contribution in [-0.4, -0.2) is 35.6 Å². The maximum absolute atomic E-state index is 12.5. The van der Waals surface area contributed by atoms with Crippen molar-refractivity contribution in [3.63, 3.8) is 0 Å². The molecule has 2 rings (SSSR count). The number of ether oxygens (including phenoxy) is 1. The van der Waals surface area contributed by atoms with Gasteiger partial charge in [0.2, 0.25) is 0 Å². The van der Waals surface area contributed by atoms with Gasteiger partial charge in [-0.2, -0.15) is 0 Å². The Balaban J connectivity index is 2.23. The summed E-state index contributed by atoms with van der Waals surface area (Å²) >= 11 is 0. The van der Waals surface area contributed by atoms with Crippen molar-refractivity contribution in [1.82, 2.24) is 5.32 Å². The van der Waals surface area contributed by atoms with Gasteiger partial charge in [-0.1, -0.05) is 48.5 Å². The Morgan fingerprint density at radius 1 is 1.04 bits per heavy atom. The molecule has 6 heteroatoms. The van der Waals surface area contributed by atoms with Gasteiger partial charge >= 0.3 is 11.9 Å². The van der Waals surface area contributed by atoms with E-state index in [9.17, 15) is 14.4 Å². The van der Waals surface area contributed by atoms with Gasteiger partial charge in [0.25, 0.3) is 5.91 Å². The van der Waals surface area contributed by atoms with Crippen LogP contribution in [0.3, 0.4) is 0 Å². The lowest BCUT2D eigenvalue weighted by Gasteiger charge is -2.16. The van der Waals surface area contributed by atoms with Crippen molar-refractivity contribution in [3.05, 3.63) is 60.2 Å². The summed E-state index contributed by atoms with van der Waals surface area (Å²) in [5.41, 5.74) is 1.88. The second kappa shape index (κ2) is 7.92. The van der Waals surface area contributed by atoms with Gasteiger partial charge in [-0.3, -0.25) is 9.59 Å². The number of carbonyl (C=O) groups is 3. The van der Waals surface area contributed by atoms with E-state index < -0.39 is 30.5 Å². The van der Waals surface area contributed by atoms with Gasteiger partial charge in [-0.05, 0) is 17.2 Å². The highest BCUT2D eigenvalue weighted by Gasteiger charge is 2.23. The van der Waals surface area contributed by atoms with Crippen LogP contribution in [0.25, 0.3) is 11.1 Å². The molecule has 0 spiro atoms. The van der Waals surface area contributed by atoms with Gasteiger partial charge in [0, 0.05) is 12.5 Å². The van der Waals surface area contributed by atoms with Crippen molar-refractivity contribution in [2.24, 2.45) is 0 Å². The third kappa shape index (κ3) is 4.42. The molecule has 124 valence electrons. The minimum Gasteiger partial charge on any atom is -0.480 e. The molecule has 0 aliphatic carbocycles. The van der Waals surface area contributed by atoms with Gasteiger partial charge in [0.15, 0.2) is 6.04 Å². The summed E-state index contributed by atoms with van der Waals surface area (Å²) in [6.45, 7) is 0.745. The molecule has 0 fully saturated rings. The fraction of sp³-hybridized carbons (Fsp3) is 0.167. The molecule has 2 N–H and O–H groups in total. The molecule has 2 aromatic carbocycles. The van der Waals surface area contributed by atoms with Crippen molar-refractivity contribution in [2.45, 2.75) is 13.0 Å². The maximum Gasteiger partial charge on any atom is 0.329 e. The first kappa shape index (κ1) is 17.2. The molecule has 0 aromatic heterocycles. The summed E-state index contributed by atoms with van der Waals surface area (Å²) in [6.07, 6.45) is 0. The zero-order valence-corrected chi connectivity index (χ0v) is 13.1. The van der Waals surface area contributed by atoms with E-state index in [2.05, 4.69) is 10.1 Å². The van der Waals surface area contributed by atoms with Gasteiger partial charge in [-0.25, -0.2) is 4.79 Å². The molecule has 0 aliphatic rings. The predicted molar refractivity (Wildman–Crippen MR) is 87.4 cm³/mol. The van der Waals surface area contributed by atoms with Crippen molar-refractivity contribution in [3.8, 4) is 11.1 Å². The molecule has 2 aromatic rings. The van der Waals surface area contributed by atoms with E-state index in [0.717, 1.165) is 5.56 Å². The number of hydrogen-bond acceptors (Lipinski definition) is 4. The lowest BCUT2D eigenvalue weighted by molar-refractivity contribution is -0.146. The molecule has 0 saturated heterocycles. The minimum absolute atomic E-state index is 0.345. The van der Waals surface area contributed by atoms with E-state index in [1.807, 2.05) is 30.3 Å². The monoisotopic (exact) mass is 327 g/mol. The van der Waals surface area contributed by atoms with Crippen LogP contribution in [0.15, 0.2) is 54.6 Å². The predicted octanol–water partition coefficient (Wildman–Crippen LogP) is 2.10. The van der Waals surface area contributed by atoms with Crippen LogP contribution >= 0.6 is 0 Å². The SMILES string of the molecule is CC(=O)OC[C@H](NC(=O)c1ccccc1-c1ccccc1)C(=O)O. The minimum atomic E-state index is -1.31. The molecule has 0 saturated carbocycles. The highest BCUT2D eigenvalue weighted by molar-refractivity contribution is 6.02. The summed E-state index contributed by atoms with van der Waals surface area (Å²) in [6, 6.07) is 14.9. The van der Waals surface area contributed by atoms with E-state index in [-0.39, 0.29) is 0 Å². The van der Waals surface area contributed by atoms with Crippen LogP contribution in [0.1, 0.15) is 17.3 Å². The zero-order chi connectivity index (χ0) is 17.5. The fourth-order valence-electron chi connectivity index (χ4n) is 2.16. The largest absolute Gasteiger partial charge is 0.480 e. The van der Waals surface area contributed by atoms with Crippen molar-refractivity contribution in [1.29, 1.82) is 0 Å². The number of esters is 1. The quantitative estimate of drug-likeness (QED) is 0.793. The van der Waals surface area contributed by atoms with Gasteiger partial charge in [-0.15, -0.1) is 0 Å². The first-order valence-electron chi connectivity index (χ1n) is 7.30. The number of amides is 1. The van der Waals surface area contributed by atoms with Gasteiger partial charge in [0.1, 0.15) is 6.61 Å². The van der Waals surface area contributed by atoms with Crippen molar-refractivity contribution in [2.75, 3.05) is 6.61 Å². The Bertz CT molecular complexity index is 742. The van der Waals surface area contributed by atoms with Crippen LogP contribution in [-0.2, 0) is 14.3 Å². The summed E-state index contributed by atoms with van der Waals surface area (Å²) in [5.74, 6) is -2.43. The van der Waals surface area contributed by atoms with Crippen LogP contribution in [0.5, 0.6) is 0 Å². The Labute approximate surface area is 139 Å². The second-order valence-electron chi connectivity index (χ2n) is 5.08. The normalized spacial score (nSPS) is 11.4. The first-order valence-corrected chi connectivity index (χ1v) is 7.30. The zero-order valence-electron chi connectivity index (χ0n) is 13.1. The third-order valence-corrected chi connectivity index (χ3v) is 3.31. The number of rotatable bonds is 6. The Morgan fingerprint density at radius 3 is 2.29 bits per heavy atom. The highest BCUT2D eigenvalue weighted by atomic mass is 16.5. The molecule has 0 aliphatic heterocycles. The number of nitrogens with one attached hydrogen (secondary N) is 1. The number of carboxylic acid groups (broad SMARTS) is 1. The van der Waals surface area contributed by atoms with E-state index in [4.69, 9.17) is 5.11 Å². The van der Waals surface area contributed by atoms with E-state index >= 15 is 0 Å². The Morgan fingerprint density at radius 2 is 1.67 bits per heavy atom. The molecule has 1 atom stereocenters. The van der Waals surface area contributed by atoms with Crippen LogP contribution in [0, 0.1) is 0 Å². The molecule has 6 nitrogen and oxygen atoms in total.